The molecule has 0 unspecified atom stereocenters. The van der Waals surface area contributed by atoms with E-state index >= 15 is 0 Å². The Morgan fingerprint density at radius 1 is 1.19 bits per heavy atom. The maximum absolute atomic E-state index is 13.9. The van der Waals surface area contributed by atoms with E-state index in [1.54, 1.807) is 24.1 Å². The van der Waals surface area contributed by atoms with Crippen molar-refractivity contribution in [3.05, 3.63) is 53.8 Å². The predicted molar refractivity (Wildman–Crippen MR) is 121 cm³/mol. The van der Waals surface area contributed by atoms with Crippen LogP contribution in [0.1, 0.15) is 12.5 Å². The van der Waals surface area contributed by atoms with Crippen molar-refractivity contribution in [3.63, 3.8) is 0 Å². The van der Waals surface area contributed by atoms with Gasteiger partial charge in [-0.1, -0.05) is 35.2 Å². The second-order valence-corrected chi connectivity index (χ2v) is 8.60. The molecule has 0 bridgehead atoms. The summed E-state index contributed by atoms with van der Waals surface area (Å²) in [5, 5.41) is 12.1. The van der Waals surface area contributed by atoms with Gasteiger partial charge in [0.05, 0.1) is 20.0 Å². The maximum Gasteiger partial charge on any atom is 0.233 e. The monoisotopic (exact) mass is 462 g/mol. The lowest BCUT2D eigenvalue weighted by Gasteiger charge is -2.21. The van der Waals surface area contributed by atoms with E-state index in [9.17, 15) is 9.18 Å². The Labute approximate surface area is 188 Å². The van der Waals surface area contributed by atoms with Crippen LogP contribution in [0.25, 0.3) is 0 Å². The van der Waals surface area contributed by atoms with E-state index in [-0.39, 0.29) is 17.4 Å². The van der Waals surface area contributed by atoms with Gasteiger partial charge >= 0.3 is 0 Å². The summed E-state index contributed by atoms with van der Waals surface area (Å²) in [6.45, 7) is 2.74. The molecular weight excluding hydrogens is 439 g/mol. The molecule has 0 saturated heterocycles. The number of nitrogens with one attached hydrogen (secondary N) is 1. The molecule has 10 heteroatoms. The number of hydrogen-bond acceptors (Lipinski definition) is 8. The lowest BCUT2D eigenvalue weighted by Crippen LogP contribution is -2.31. The number of carbonyl (C=O) groups is 1. The van der Waals surface area contributed by atoms with Gasteiger partial charge in [0.1, 0.15) is 5.75 Å². The van der Waals surface area contributed by atoms with Gasteiger partial charge in [-0.25, -0.2) is 4.39 Å². The van der Waals surface area contributed by atoms with Gasteiger partial charge in [0.15, 0.2) is 15.9 Å². The minimum Gasteiger partial charge on any atom is -0.497 e. The highest BCUT2D eigenvalue weighted by molar-refractivity contribution is 8.01. The molecule has 0 saturated carbocycles. The van der Waals surface area contributed by atoms with Crippen molar-refractivity contribution >= 4 is 39.8 Å². The molecule has 1 amide bonds. The molecular formula is C21H23FN4O3S2. The summed E-state index contributed by atoms with van der Waals surface area (Å²) in [6, 6.07) is 12.2. The highest BCUT2D eigenvalue weighted by Crippen LogP contribution is 2.29. The third kappa shape index (κ3) is 6.31. The van der Waals surface area contributed by atoms with Crippen LogP contribution in [-0.2, 0) is 11.3 Å². The van der Waals surface area contributed by atoms with E-state index in [0.717, 1.165) is 11.4 Å². The van der Waals surface area contributed by atoms with Gasteiger partial charge < -0.3 is 19.7 Å². The lowest BCUT2D eigenvalue weighted by molar-refractivity contribution is -0.128. The van der Waals surface area contributed by atoms with E-state index in [1.807, 2.05) is 31.2 Å². The number of hydrogen-bond donors (Lipinski definition) is 1. The maximum atomic E-state index is 13.9. The van der Waals surface area contributed by atoms with Gasteiger partial charge in [0, 0.05) is 24.8 Å². The number of methoxy groups -OCH3 is 2. The average molecular weight is 463 g/mol. The number of anilines is 2. The number of benzene rings is 2. The van der Waals surface area contributed by atoms with Crippen molar-refractivity contribution in [1.82, 2.24) is 15.1 Å². The van der Waals surface area contributed by atoms with E-state index in [2.05, 4.69) is 15.5 Å². The van der Waals surface area contributed by atoms with Crippen LogP contribution in [-0.4, -0.2) is 47.5 Å². The van der Waals surface area contributed by atoms with Crippen molar-refractivity contribution in [2.45, 2.75) is 17.8 Å². The van der Waals surface area contributed by atoms with Crippen molar-refractivity contribution in [2.75, 3.05) is 31.8 Å². The van der Waals surface area contributed by atoms with Gasteiger partial charge in [-0.3, -0.25) is 4.79 Å². The zero-order chi connectivity index (χ0) is 22.2. The first-order chi connectivity index (χ1) is 15.0. The Balaban J connectivity index is 1.55. The standard InChI is InChI=1S/C21H23FN4O3S2/c1-4-26(12-14-8-9-18(29-3)17(22)10-14)19(27)13-30-21-25-24-20(31-21)23-15-6-5-7-16(11-15)28-2/h5-11H,4,12-13H2,1-3H3,(H,23,24). The fraction of sp³-hybridized carbons (Fsp3) is 0.286. The van der Waals surface area contributed by atoms with Crippen LogP contribution in [0.5, 0.6) is 11.5 Å². The molecule has 1 heterocycles. The second-order valence-electron chi connectivity index (χ2n) is 6.40. The third-order valence-electron chi connectivity index (χ3n) is 4.37. The Hall–Kier alpha value is -2.85. The van der Waals surface area contributed by atoms with E-state index in [0.29, 0.717) is 28.1 Å². The lowest BCUT2D eigenvalue weighted by atomic mass is 10.2. The number of rotatable bonds is 10. The van der Waals surface area contributed by atoms with Gasteiger partial charge in [0.2, 0.25) is 11.0 Å². The van der Waals surface area contributed by atoms with Crippen molar-refractivity contribution in [1.29, 1.82) is 0 Å². The number of carbonyl (C=O) groups excluding carboxylic acids is 1. The van der Waals surface area contributed by atoms with Crippen LogP contribution in [0.4, 0.5) is 15.2 Å². The van der Waals surface area contributed by atoms with Gasteiger partial charge in [-0.05, 0) is 36.8 Å². The highest BCUT2D eigenvalue weighted by atomic mass is 32.2. The number of nitrogens with zero attached hydrogens (tertiary/aromatic N) is 3. The summed E-state index contributed by atoms with van der Waals surface area (Å²) in [4.78, 5) is 14.3. The van der Waals surface area contributed by atoms with E-state index < -0.39 is 5.82 Å². The fourth-order valence-electron chi connectivity index (χ4n) is 2.76. The number of amides is 1. The Bertz CT molecular complexity index is 1030. The molecule has 0 spiro atoms. The summed E-state index contributed by atoms with van der Waals surface area (Å²) < 4.78 is 24.7. The quantitative estimate of drug-likeness (QED) is 0.442. The van der Waals surface area contributed by atoms with Crippen LogP contribution >= 0.6 is 23.1 Å². The number of thioether (sulfide) groups is 1. The Morgan fingerprint density at radius 3 is 2.74 bits per heavy atom. The summed E-state index contributed by atoms with van der Waals surface area (Å²) in [7, 11) is 3.03. The van der Waals surface area contributed by atoms with Crippen LogP contribution in [0, 0.1) is 5.82 Å². The molecule has 3 rings (SSSR count). The summed E-state index contributed by atoms with van der Waals surface area (Å²) in [5.41, 5.74) is 1.55. The number of aromatic nitrogens is 2. The fourth-order valence-corrected chi connectivity index (χ4v) is 4.44. The zero-order valence-electron chi connectivity index (χ0n) is 17.4. The average Bonchev–Trinajstić information content (AvgIpc) is 3.23. The predicted octanol–water partition coefficient (Wildman–Crippen LogP) is 4.58. The SMILES string of the molecule is CCN(Cc1ccc(OC)c(F)c1)C(=O)CSc1nnc(Nc2cccc(OC)c2)s1. The first kappa shape index (κ1) is 22.8. The molecule has 164 valence electrons. The molecule has 0 atom stereocenters. The molecule has 1 N–H and O–H groups in total. The molecule has 1 aromatic heterocycles. The number of halogens is 1. The van der Waals surface area contributed by atoms with Gasteiger partial charge in [-0.15, -0.1) is 10.2 Å². The van der Waals surface area contributed by atoms with Crippen LogP contribution in [0.3, 0.4) is 0 Å². The van der Waals surface area contributed by atoms with Gasteiger partial charge in [0.25, 0.3) is 0 Å². The molecule has 3 aromatic rings. The Morgan fingerprint density at radius 2 is 2.03 bits per heavy atom. The number of ether oxygens (including phenoxy) is 2. The van der Waals surface area contributed by atoms with E-state index in [4.69, 9.17) is 9.47 Å². The van der Waals surface area contributed by atoms with Crippen molar-refractivity contribution < 1.29 is 18.7 Å². The van der Waals surface area contributed by atoms with Crippen LogP contribution < -0.4 is 14.8 Å². The molecule has 7 nitrogen and oxygen atoms in total. The molecule has 31 heavy (non-hydrogen) atoms. The topological polar surface area (TPSA) is 76.6 Å². The molecule has 0 aliphatic rings. The van der Waals surface area contributed by atoms with E-state index in [1.165, 1.54) is 36.3 Å². The highest BCUT2D eigenvalue weighted by Gasteiger charge is 2.15. The Kier molecular flexibility index (Phi) is 8.07. The first-order valence-electron chi connectivity index (χ1n) is 9.50. The molecule has 0 aliphatic heterocycles. The smallest absolute Gasteiger partial charge is 0.233 e. The molecule has 2 aromatic carbocycles. The molecule has 0 radical (unpaired) electrons. The summed E-state index contributed by atoms with van der Waals surface area (Å²) in [6.07, 6.45) is 0. The van der Waals surface area contributed by atoms with Crippen LogP contribution in [0.15, 0.2) is 46.8 Å². The third-order valence-corrected chi connectivity index (χ3v) is 6.33. The summed E-state index contributed by atoms with van der Waals surface area (Å²) >= 11 is 2.69. The molecule has 0 fully saturated rings. The first-order valence-corrected chi connectivity index (χ1v) is 11.3. The van der Waals surface area contributed by atoms with Crippen LogP contribution in [0.2, 0.25) is 0 Å². The van der Waals surface area contributed by atoms with Crippen molar-refractivity contribution in [3.8, 4) is 11.5 Å². The minimum absolute atomic E-state index is 0.0544. The normalized spacial score (nSPS) is 10.6. The zero-order valence-corrected chi connectivity index (χ0v) is 19.1. The second kappa shape index (κ2) is 11.0. The summed E-state index contributed by atoms with van der Waals surface area (Å²) in [5.74, 6) is 0.652. The molecule has 0 aliphatic carbocycles. The van der Waals surface area contributed by atoms with Crippen molar-refractivity contribution in [2.24, 2.45) is 0 Å². The minimum atomic E-state index is -0.442. The largest absolute Gasteiger partial charge is 0.497 e. The van der Waals surface area contributed by atoms with Gasteiger partial charge in [-0.2, -0.15) is 0 Å².